The van der Waals surface area contributed by atoms with Gasteiger partial charge in [-0.1, -0.05) is 18.2 Å². The van der Waals surface area contributed by atoms with Crippen molar-refractivity contribution in [2.24, 2.45) is 0 Å². The van der Waals surface area contributed by atoms with Gasteiger partial charge in [-0.05, 0) is 30.3 Å². The number of fused-ring (bicyclic) bond motifs is 6. The third-order valence-corrected chi connectivity index (χ3v) is 5.93. The first-order chi connectivity index (χ1) is 15.3. The Kier molecular flexibility index (Phi) is 4.53. The Balaban J connectivity index is 1.84. The van der Waals surface area contributed by atoms with Crippen LogP contribution in [0, 0.1) is 0 Å². The summed E-state index contributed by atoms with van der Waals surface area (Å²) in [5, 5.41) is 0. The van der Waals surface area contributed by atoms with E-state index in [1.54, 1.807) is 42.5 Å². The van der Waals surface area contributed by atoms with Gasteiger partial charge in [0, 0.05) is 22.8 Å². The van der Waals surface area contributed by atoms with E-state index in [9.17, 15) is 23.5 Å². The van der Waals surface area contributed by atoms with Crippen molar-refractivity contribution in [3.8, 4) is 23.0 Å². The summed E-state index contributed by atoms with van der Waals surface area (Å²) in [5.74, 6) is -0.302. The van der Waals surface area contributed by atoms with Crippen LogP contribution in [0.1, 0.15) is 32.6 Å². The highest BCUT2D eigenvalue weighted by Gasteiger charge is 2.54. The van der Waals surface area contributed by atoms with Crippen molar-refractivity contribution in [3.05, 3.63) is 82.4 Å². The highest BCUT2D eigenvalue weighted by atomic mass is 31.2. The molecule has 0 amide bonds. The number of rotatable bonds is 4. The van der Waals surface area contributed by atoms with Gasteiger partial charge >= 0.3 is 13.8 Å². The van der Waals surface area contributed by atoms with Crippen LogP contribution in [0.5, 0.6) is 23.0 Å². The molecule has 164 valence electrons. The fourth-order valence-electron chi connectivity index (χ4n) is 4.22. The van der Waals surface area contributed by atoms with E-state index in [0.29, 0.717) is 28.0 Å². The van der Waals surface area contributed by atoms with Gasteiger partial charge in [0.2, 0.25) is 0 Å². The van der Waals surface area contributed by atoms with Crippen LogP contribution < -0.4 is 14.0 Å². The van der Waals surface area contributed by atoms with Gasteiger partial charge in [0.05, 0.1) is 18.2 Å². The van der Waals surface area contributed by atoms with Crippen LogP contribution in [0.3, 0.4) is 0 Å². The average molecular weight is 458 g/mol. The third-order valence-electron chi connectivity index (χ3n) is 5.50. The van der Waals surface area contributed by atoms with Crippen LogP contribution in [0.4, 0.5) is 4.39 Å². The lowest BCUT2D eigenvalue weighted by Gasteiger charge is -2.37. The zero-order valence-electron chi connectivity index (χ0n) is 16.6. The van der Waals surface area contributed by atoms with E-state index in [-0.39, 0.29) is 22.8 Å². The number of carbonyl (C=O) groups is 1. The van der Waals surface area contributed by atoms with Gasteiger partial charge in [-0.25, -0.2) is 13.8 Å². The molecule has 2 aliphatic heterocycles. The summed E-state index contributed by atoms with van der Waals surface area (Å²) < 4.78 is 47.5. The second kappa shape index (κ2) is 7.06. The van der Waals surface area contributed by atoms with Crippen LogP contribution >= 0.6 is 7.82 Å². The lowest BCUT2D eigenvalue weighted by Crippen LogP contribution is -2.33. The lowest BCUT2D eigenvalue weighted by molar-refractivity contribution is 0.0223. The van der Waals surface area contributed by atoms with E-state index in [1.165, 1.54) is 19.2 Å². The predicted octanol–water partition coefficient (Wildman–Crippen LogP) is 4.20. The molecular formula is C22H16FO8P. The largest absolute Gasteiger partial charge is 0.524 e. The summed E-state index contributed by atoms with van der Waals surface area (Å²) in [6.45, 7) is -1.15. The first kappa shape index (κ1) is 20.5. The first-order valence-corrected chi connectivity index (χ1v) is 11.0. The molecular weight excluding hydrogens is 442 g/mol. The molecule has 2 heterocycles. The number of carbonyl (C=O) groups excluding carboxylic acids is 1. The number of benzene rings is 3. The Morgan fingerprint density at radius 2 is 1.81 bits per heavy atom. The number of hydrogen-bond donors (Lipinski definition) is 2. The van der Waals surface area contributed by atoms with Crippen LogP contribution in [-0.4, -0.2) is 22.9 Å². The van der Waals surface area contributed by atoms with Crippen molar-refractivity contribution in [1.82, 2.24) is 0 Å². The molecule has 3 aromatic carbocycles. The summed E-state index contributed by atoms with van der Waals surface area (Å²) in [7, 11) is -3.50. The van der Waals surface area contributed by atoms with Crippen molar-refractivity contribution in [3.63, 3.8) is 0 Å². The van der Waals surface area contributed by atoms with Crippen molar-refractivity contribution >= 4 is 13.8 Å². The Morgan fingerprint density at radius 3 is 2.53 bits per heavy atom. The SMILES string of the molecule is COc1ccc2c(c1)Oc1c(ccc(OP(=O)(O)O)c1CF)C21OC(=O)c2ccccc21. The molecule has 0 saturated heterocycles. The number of phosphoric acid groups is 1. The van der Waals surface area contributed by atoms with Gasteiger partial charge in [0.25, 0.3) is 0 Å². The Morgan fingerprint density at radius 1 is 1.06 bits per heavy atom. The zero-order chi connectivity index (χ0) is 22.7. The lowest BCUT2D eigenvalue weighted by atomic mass is 9.77. The van der Waals surface area contributed by atoms with Gasteiger partial charge in [-0.3, -0.25) is 9.79 Å². The van der Waals surface area contributed by atoms with Gasteiger partial charge in [-0.2, -0.15) is 0 Å². The summed E-state index contributed by atoms with van der Waals surface area (Å²) in [6, 6.07) is 14.4. The monoisotopic (exact) mass is 458 g/mol. The van der Waals surface area contributed by atoms with Crippen LogP contribution in [-0.2, 0) is 21.6 Å². The number of esters is 1. The maximum Gasteiger partial charge on any atom is 0.524 e. The van der Waals surface area contributed by atoms with E-state index in [1.807, 2.05) is 0 Å². The highest BCUT2D eigenvalue weighted by Crippen LogP contribution is 2.58. The molecule has 5 rings (SSSR count). The molecule has 3 aromatic rings. The van der Waals surface area contributed by atoms with Crippen LogP contribution in [0.15, 0.2) is 54.6 Å². The molecule has 0 bridgehead atoms. The minimum absolute atomic E-state index is 0.0521. The van der Waals surface area contributed by atoms with E-state index in [2.05, 4.69) is 4.52 Å². The molecule has 0 fully saturated rings. The smallest absolute Gasteiger partial charge is 0.497 e. The fraction of sp³-hybridized carbons (Fsp3) is 0.136. The average Bonchev–Trinajstić information content (AvgIpc) is 3.05. The zero-order valence-corrected chi connectivity index (χ0v) is 17.5. The van der Waals surface area contributed by atoms with Gasteiger partial charge < -0.3 is 18.7 Å². The van der Waals surface area contributed by atoms with Gasteiger partial charge in [-0.15, -0.1) is 0 Å². The molecule has 2 N–H and O–H groups in total. The Hall–Kier alpha value is -3.39. The number of halogens is 1. The minimum atomic E-state index is -4.97. The predicted molar refractivity (Wildman–Crippen MR) is 109 cm³/mol. The van der Waals surface area contributed by atoms with Gasteiger partial charge in [0.15, 0.2) is 5.60 Å². The summed E-state index contributed by atoms with van der Waals surface area (Å²) in [6.07, 6.45) is 0. The van der Waals surface area contributed by atoms with Crippen molar-refractivity contribution in [2.45, 2.75) is 12.3 Å². The maximum atomic E-state index is 14.2. The number of phosphoric ester groups is 1. The quantitative estimate of drug-likeness (QED) is 0.442. The van der Waals surface area contributed by atoms with E-state index >= 15 is 0 Å². The molecule has 0 saturated carbocycles. The van der Waals surface area contributed by atoms with Crippen molar-refractivity contribution in [2.75, 3.05) is 7.11 Å². The molecule has 1 atom stereocenters. The molecule has 0 aromatic heterocycles. The summed E-state index contributed by atoms with van der Waals surface area (Å²) in [4.78, 5) is 31.3. The normalized spacial score (nSPS) is 18.3. The summed E-state index contributed by atoms with van der Waals surface area (Å²) >= 11 is 0. The molecule has 10 heteroatoms. The standard InChI is InChI=1S/C22H16FO8P/c1-28-12-6-7-16-19(10-12)29-20-14(11-23)18(31-32(25,26)27)9-8-17(20)22(16)15-5-3-2-4-13(15)21(24)30-22/h2-10H,11H2,1H3,(H2,25,26,27). The maximum absolute atomic E-state index is 14.2. The van der Waals surface area contributed by atoms with E-state index in [0.717, 1.165) is 0 Å². The molecule has 32 heavy (non-hydrogen) atoms. The second-order valence-electron chi connectivity index (χ2n) is 7.21. The van der Waals surface area contributed by atoms with Crippen LogP contribution in [0.2, 0.25) is 0 Å². The van der Waals surface area contributed by atoms with Crippen LogP contribution in [0.25, 0.3) is 0 Å². The molecule has 1 unspecified atom stereocenters. The van der Waals surface area contributed by atoms with Crippen molar-refractivity contribution in [1.29, 1.82) is 0 Å². The number of alkyl halides is 1. The Labute approximate surface area is 181 Å². The third kappa shape index (κ3) is 2.90. The van der Waals surface area contributed by atoms with E-state index < -0.39 is 26.1 Å². The molecule has 0 radical (unpaired) electrons. The first-order valence-electron chi connectivity index (χ1n) is 9.45. The molecule has 8 nitrogen and oxygen atoms in total. The fourth-order valence-corrected chi connectivity index (χ4v) is 4.65. The number of methoxy groups -OCH3 is 1. The second-order valence-corrected chi connectivity index (χ2v) is 8.38. The van der Waals surface area contributed by atoms with Gasteiger partial charge in [0.1, 0.15) is 29.7 Å². The van der Waals surface area contributed by atoms with Crippen molar-refractivity contribution < 1.29 is 42.3 Å². The van der Waals surface area contributed by atoms with E-state index in [4.69, 9.17) is 14.2 Å². The Bertz CT molecular complexity index is 1320. The minimum Gasteiger partial charge on any atom is -0.497 e. The molecule has 2 aliphatic rings. The topological polar surface area (TPSA) is 112 Å². The molecule has 1 spiro atoms. The molecule has 0 aliphatic carbocycles. The number of hydrogen-bond acceptors (Lipinski definition) is 6. The highest BCUT2D eigenvalue weighted by molar-refractivity contribution is 7.46. The number of ether oxygens (including phenoxy) is 3. The summed E-state index contributed by atoms with van der Waals surface area (Å²) in [5.41, 5.74) is 0.0118.